The van der Waals surface area contributed by atoms with Crippen molar-refractivity contribution in [2.45, 2.75) is 37.6 Å². The number of hydrogen-bond acceptors (Lipinski definition) is 8. The van der Waals surface area contributed by atoms with Gasteiger partial charge in [0.1, 0.15) is 12.6 Å². The molecule has 0 saturated carbocycles. The van der Waals surface area contributed by atoms with Gasteiger partial charge in [0.2, 0.25) is 0 Å². The van der Waals surface area contributed by atoms with Gasteiger partial charge in [-0.3, -0.25) is 14.4 Å². The van der Waals surface area contributed by atoms with Gasteiger partial charge in [-0.25, -0.2) is 9.59 Å². The fraction of sp³-hybridized carbons (Fsp3) is 0.320. The lowest BCUT2D eigenvalue weighted by molar-refractivity contribution is -0.199. The Hall–Kier alpha value is -4.21. The van der Waals surface area contributed by atoms with Gasteiger partial charge in [0.15, 0.2) is 0 Å². The maximum Gasteiger partial charge on any atom is 0.407 e. The molecule has 1 fully saturated rings. The third-order valence-corrected chi connectivity index (χ3v) is 5.97. The molecule has 0 aromatic heterocycles. The zero-order chi connectivity index (χ0) is 24.9. The molecule has 3 amide bonds. The van der Waals surface area contributed by atoms with E-state index in [4.69, 9.17) is 9.57 Å². The van der Waals surface area contributed by atoms with E-state index in [0.717, 1.165) is 22.3 Å². The number of ether oxygens (including phenoxy) is 2. The van der Waals surface area contributed by atoms with Crippen molar-refractivity contribution < 1.29 is 38.3 Å². The molecule has 0 radical (unpaired) electrons. The van der Waals surface area contributed by atoms with Gasteiger partial charge in [-0.15, -0.1) is 5.06 Å². The number of benzene rings is 2. The summed E-state index contributed by atoms with van der Waals surface area (Å²) in [5.74, 6) is -3.17. The second-order valence-electron chi connectivity index (χ2n) is 8.13. The number of carbonyl (C=O) groups is 5. The normalized spacial score (nSPS) is 15.3. The van der Waals surface area contributed by atoms with Crippen LogP contribution in [0.2, 0.25) is 0 Å². The first-order chi connectivity index (χ1) is 16.9. The Morgan fingerprint density at radius 2 is 1.54 bits per heavy atom. The van der Waals surface area contributed by atoms with Crippen molar-refractivity contribution in [3.63, 3.8) is 0 Å². The highest BCUT2D eigenvalue weighted by atomic mass is 16.7. The molecule has 1 N–H and O–H groups in total. The molecule has 0 spiro atoms. The quantitative estimate of drug-likeness (QED) is 0.451. The summed E-state index contributed by atoms with van der Waals surface area (Å²) in [5.41, 5.74) is 4.18. The van der Waals surface area contributed by atoms with E-state index in [9.17, 15) is 24.0 Å². The summed E-state index contributed by atoms with van der Waals surface area (Å²) < 4.78 is 10.0. The van der Waals surface area contributed by atoms with Crippen LogP contribution in [-0.4, -0.2) is 54.7 Å². The van der Waals surface area contributed by atoms with Crippen LogP contribution in [0, 0.1) is 0 Å². The van der Waals surface area contributed by atoms with Crippen LogP contribution in [-0.2, 0) is 33.5 Å². The lowest BCUT2D eigenvalue weighted by Gasteiger charge is -2.20. The van der Waals surface area contributed by atoms with E-state index in [0.29, 0.717) is 5.06 Å². The van der Waals surface area contributed by atoms with E-state index in [-0.39, 0.29) is 38.2 Å². The second kappa shape index (κ2) is 10.4. The third kappa shape index (κ3) is 5.16. The van der Waals surface area contributed by atoms with Crippen molar-refractivity contribution in [1.82, 2.24) is 10.4 Å². The van der Waals surface area contributed by atoms with E-state index in [1.165, 1.54) is 7.11 Å². The van der Waals surface area contributed by atoms with Crippen LogP contribution in [0.1, 0.15) is 42.7 Å². The summed E-state index contributed by atoms with van der Waals surface area (Å²) >= 11 is 0. The standard InChI is InChI=1S/C25H24N2O8/c1-33-23(30)13-10-20(24(31)35-27-21(28)11-12-22(27)29)26-25(32)34-14-19-17-8-4-2-6-15(17)16-7-3-5-9-18(16)19/h2-9,19-20H,10-14H2,1H3,(H,26,32)/t20-/m0/s1. The van der Waals surface area contributed by atoms with Gasteiger partial charge >= 0.3 is 18.0 Å². The first-order valence-electron chi connectivity index (χ1n) is 11.1. The van der Waals surface area contributed by atoms with E-state index >= 15 is 0 Å². The number of alkyl carbamates (subject to hydrolysis) is 1. The number of hydroxylamine groups is 2. The maximum atomic E-state index is 12.6. The predicted molar refractivity (Wildman–Crippen MR) is 120 cm³/mol. The molecule has 0 unspecified atom stereocenters. The fourth-order valence-electron chi connectivity index (χ4n) is 4.21. The van der Waals surface area contributed by atoms with Crippen molar-refractivity contribution in [2.24, 2.45) is 0 Å². The molecule has 1 aliphatic carbocycles. The van der Waals surface area contributed by atoms with Crippen LogP contribution >= 0.6 is 0 Å². The van der Waals surface area contributed by atoms with Crippen molar-refractivity contribution in [1.29, 1.82) is 0 Å². The highest BCUT2D eigenvalue weighted by Crippen LogP contribution is 2.44. The Kier molecular flexibility index (Phi) is 7.09. The molecular formula is C25H24N2O8. The van der Waals surface area contributed by atoms with E-state index in [2.05, 4.69) is 10.1 Å². The SMILES string of the molecule is COC(=O)CC[C@H](NC(=O)OCC1c2ccccc2-c2ccccc21)C(=O)ON1C(=O)CCC1=O. The summed E-state index contributed by atoms with van der Waals surface area (Å²) in [5, 5.41) is 2.76. The van der Waals surface area contributed by atoms with Gasteiger partial charge in [-0.05, 0) is 28.7 Å². The Morgan fingerprint density at radius 1 is 0.971 bits per heavy atom. The van der Waals surface area contributed by atoms with Gasteiger partial charge < -0.3 is 19.6 Å². The minimum Gasteiger partial charge on any atom is -0.469 e. The number of fused-ring (bicyclic) bond motifs is 3. The molecule has 1 aliphatic heterocycles. The van der Waals surface area contributed by atoms with Crippen molar-refractivity contribution in [3.8, 4) is 11.1 Å². The Labute approximate surface area is 201 Å². The number of nitrogens with zero attached hydrogens (tertiary/aromatic N) is 1. The van der Waals surface area contributed by atoms with Gasteiger partial charge in [-0.1, -0.05) is 48.5 Å². The van der Waals surface area contributed by atoms with E-state index in [1.807, 2.05) is 48.5 Å². The van der Waals surface area contributed by atoms with E-state index in [1.54, 1.807) is 0 Å². The van der Waals surface area contributed by atoms with Crippen LogP contribution in [0.15, 0.2) is 48.5 Å². The maximum absolute atomic E-state index is 12.6. The smallest absolute Gasteiger partial charge is 0.407 e. The Bertz CT molecular complexity index is 1120. The number of methoxy groups -OCH3 is 1. The van der Waals surface area contributed by atoms with Gasteiger partial charge in [0.05, 0.1) is 7.11 Å². The molecule has 2 aromatic carbocycles. The van der Waals surface area contributed by atoms with Gasteiger partial charge in [-0.2, -0.15) is 0 Å². The number of rotatable bonds is 8. The second-order valence-corrected chi connectivity index (χ2v) is 8.13. The Morgan fingerprint density at radius 3 is 2.11 bits per heavy atom. The molecule has 10 heteroatoms. The average molecular weight is 480 g/mol. The van der Waals surface area contributed by atoms with Crippen LogP contribution < -0.4 is 5.32 Å². The monoisotopic (exact) mass is 480 g/mol. The van der Waals surface area contributed by atoms with Crippen molar-refractivity contribution in [3.05, 3.63) is 59.7 Å². The van der Waals surface area contributed by atoms with Crippen molar-refractivity contribution >= 4 is 29.8 Å². The molecule has 10 nitrogen and oxygen atoms in total. The summed E-state index contributed by atoms with van der Waals surface area (Å²) in [6.45, 7) is 0.0156. The Balaban J connectivity index is 1.42. The summed E-state index contributed by atoms with van der Waals surface area (Å²) in [7, 11) is 1.19. The van der Waals surface area contributed by atoms with Crippen molar-refractivity contribution in [2.75, 3.05) is 13.7 Å². The predicted octanol–water partition coefficient (Wildman–Crippen LogP) is 2.45. The minimum absolute atomic E-state index is 0.0156. The number of imide groups is 1. The molecule has 4 rings (SSSR count). The average Bonchev–Trinajstić information content (AvgIpc) is 3.36. The first-order valence-corrected chi connectivity index (χ1v) is 11.1. The molecule has 35 heavy (non-hydrogen) atoms. The largest absolute Gasteiger partial charge is 0.469 e. The summed E-state index contributed by atoms with van der Waals surface area (Å²) in [6.07, 6.45) is -1.43. The van der Waals surface area contributed by atoms with E-state index < -0.39 is 35.9 Å². The zero-order valence-corrected chi connectivity index (χ0v) is 19.0. The number of esters is 1. The molecule has 182 valence electrons. The number of hydrogen-bond donors (Lipinski definition) is 1. The van der Waals surface area contributed by atoms with Crippen LogP contribution in [0.5, 0.6) is 0 Å². The molecular weight excluding hydrogens is 456 g/mol. The number of amides is 3. The molecule has 1 atom stereocenters. The number of carbonyl (C=O) groups excluding carboxylic acids is 5. The first kappa shape index (κ1) is 23.9. The van der Waals surface area contributed by atoms with Crippen LogP contribution in [0.4, 0.5) is 4.79 Å². The minimum atomic E-state index is -1.34. The summed E-state index contributed by atoms with van der Waals surface area (Å²) in [6, 6.07) is 14.3. The summed E-state index contributed by atoms with van der Waals surface area (Å²) in [4.78, 5) is 65.3. The fourth-order valence-corrected chi connectivity index (χ4v) is 4.21. The molecule has 2 aliphatic rings. The molecule has 0 bridgehead atoms. The van der Waals surface area contributed by atoms with Gasteiger partial charge in [0.25, 0.3) is 11.8 Å². The lowest BCUT2D eigenvalue weighted by atomic mass is 9.98. The highest BCUT2D eigenvalue weighted by molar-refractivity contribution is 6.02. The molecule has 2 aromatic rings. The number of nitrogens with one attached hydrogen (secondary N) is 1. The lowest BCUT2D eigenvalue weighted by Crippen LogP contribution is -2.46. The third-order valence-electron chi connectivity index (χ3n) is 5.97. The van der Waals surface area contributed by atoms with Crippen LogP contribution in [0.3, 0.4) is 0 Å². The highest BCUT2D eigenvalue weighted by Gasteiger charge is 2.36. The molecule has 1 saturated heterocycles. The zero-order valence-electron chi connectivity index (χ0n) is 19.0. The topological polar surface area (TPSA) is 128 Å². The molecule has 1 heterocycles. The van der Waals surface area contributed by atoms with Gasteiger partial charge in [0, 0.05) is 25.2 Å². The van der Waals surface area contributed by atoms with Crippen LogP contribution in [0.25, 0.3) is 11.1 Å².